The third-order valence-corrected chi connectivity index (χ3v) is 7.83. The van der Waals surface area contributed by atoms with E-state index in [4.69, 9.17) is 0 Å². The van der Waals surface area contributed by atoms with E-state index in [1.807, 2.05) is 0 Å². The standard InChI is InChI=1S/C26H20N4O9S2.2K/c1-15-19(24(31)29(25(32)21(15)14-27)17-10-12-18(13-11-17)40(34,35)36)6-5-7-20-16(2)28-30(26(20)33)22-8-3-4-9-23(22)41(37,38)39;;/h3-13,31H,1-2H3,(H,34,35,36)(H,37,38,39);;/q;2*+1/p-2. The largest absolute Gasteiger partial charge is 1.00 e. The minimum Gasteiger partial charge on any atom is -0.744 e. The number of aromatic hydroxyl groups is 1. The molecule has 1 aromatic heterocycles. The Hall–Kier alpha value is -1.61. The van der Waals surface area contributed by atoms with Crippen LogP contribution >= 0.6 is 0 Å². The summed E-state index contributed by atoms with van der Waals surface area (Å²) in [5, 5.41) is 25.4. The van der Waals surface area contributed by atoms with E-state index in [-0.39, 0.29) is 142 Å². The smallest absolute Gasteiger partial charge is 0.744 e. The van der Waals surface area contributed by atoms with Crippen molar-refractivity contribution in [3.05, 3.63) is 93.3 Å². The third-order valence-electron chi connectivity index (χ3n) is 6.10. The van der Waals surface area contributed by atoms with Gasteiger partial charge in [-0.2, -0.15) is 15.4 Å². The predicted molar refractivity (Wildman–Crippen MR) is 143 cm³/mol. The molecule has 4 rings (SSSR count). The zero-order chi connectivity index (χ0) is 30.3. The number of carbonyl (C=O) groups is 1. The van der Waals surface area contributed by atoms with Gasteiger partial charge >= 0.3 is 103 Å². The summed E-state index contributed by atoms with van der Waals surface area (Å²) in [7, 11) is -9.68. The number of rotatable bonds is 6. The molecule has 1 aliphatic heterocycles. The molecule has 210 valence electrons. The predicted octanol–water partition coefficient (Wildman–Crippen LogP) is -4.10. The summed E-state index contributed by atoms with van der Waals surface area (Å²) in [5.74, 6) is -1.35. The summed E-state index contributed by atoms with van der Waals surface area (Å²) in [6, 6.07) is 11.0. The van der Waals surface area contributed by atoms with Crippen molar-refractivity contribution in [2.24, 2.45) is 5.10 Å². The van der Waals surface area contributed by atoms with Crippen LogP contribution in [0.3, 0.4) is 0 Å². The van der Waals surface area contributed by atoms with E-state index < -0.39 is 47.4 Å². The maximum absolute atomic E-state index is 13.1. The second kappa shape index (κ2) is 14.7. The number of pyridine rings is 1. The number of allylic oxidation sites excluding steroid dienone is 2. The van der Waals surface area contributed by atoms with E-state index in [0.29, 0.717) is 0 Å². The Bertz CT molecular complexity index is 2030. The molecule has 1 aliphatic rings. The summed E-state index contributed by atoms with van der Waals surface area (Å²) >= 11 is 0. The minimum absolute atomic E-state index is 0. The number of benzene rings is 2. The molecule has 0 saturated heterocycles. The maximum Gasteiger partial charge on any atom is 1.00 e. The van der Waals surface area contributed by atoms with Crippen LogP contribution in [-0.2, 0) is 25.0 Å². The molecule has 0 radical (unpaired) electrons. The van der Waals surface area contributed by atoms with E-state index in [2.05, 4.69) is 5.10 Å². The normalized spacial score (nSPS) is 14.3. The molecule has 13 nitrogen and oxygen atoms in total. The molecule has 43 heavy (non-hydrogen) atoms. The van der Waals surface area contributed by atoms with Crippen molar-refractivity contribution in [2.75, 3.05) is 5.01 Å². The van der Waals surface area contributed by atoms with Gasteiger partial charge in [0.25, 0.3) is 11.5 Å². The van der Waals surface area contributed by atoms with Gasteiger partial charge in [-0.1, -0.05) is 18.2 Å². The fourth-order valence-electron chi connectivity index (χ4n) is 4.08. The van der Waals surface area contributed by atoms with Crippen LogP contribution in [0.1, 0.15) is 23.6 Å². The van der Waals surface area contributed by atoms with E-state index in [1.165, 1.54) is 50.3 Å². The SMILES string of the molecule is CC1=NN(c2ccccc2S(=O)(=O)[O-])C(=O)C1=CC=Cc1c(C)c(C#N)c(=O)n(-c2ccc(S(=O)(=O)[O-])cc2)c1O.[K+].[K+]. The number of nitriles is 1. The molecule has 2 heterocycles. The first kappa shape index (κ1) is 37.6. The van der Waals surface area contributed by atoms with Crippen molar-refractivity contribution in [3.63, 3.8) is 0 Å². The van der Waals surface area contributed by atoms with E-state index in [9.17, 15) is 45.9 Å². The monoisotopic (exact) mass is 672 g/mol. The molecule has 0 fully saturated rings. The number of nitrogens with zero attached hydrogens (tertiary/aromatic N) is 4. The van der Waals surface area contributed by atoms with Gasteiger partial charge in [-0.05, 0) is 68.0 Å². The van der Waals surface area contributed by atoms with E-state index in [0.717, 1.165) is 39.9 Å². The van der Waals surface area contributed by atoms with Gasteiger partial charge in [-0.25, -0.2) is 21.4 Å². The molecule has 1 amide bonds. The number of anilines is 1. The Morgan fingerprint density at radius 1 is 0.953 bits per heavy atom. The first-order valence-corrected chi connectivity index (χ1v) is 14.3. The van der Waals surface area contributed by atoms with Crippen molar-refractivity contribution in [1.82, 2.24) is 4.57 Å². The van der Waals surface area contributed by atoms with Gasteiger partial charge < -0.3 is 14.2 Å². The fourth-order valence-corrected chi connectivity index (χ4v) is 5.21. The minimum atomic E-state index is -4.91. The van der Waals surface area contributed by atoms with Gasteiger partial charge in [0, 0.05) is 5.56 Å². The zero-order valence-electron chi connectivity index (χ0n) is 23.2. The summed E-state index contributed by atoms with van der Waals surface area (Å²) < 4.78 is 69.5. The van der Waals surface area contributed by atoms with Crippen LogP contribution in [0.15, 0.2) is 85.9 Å². The first-order chi connectivity index (χ1) is 19.2. The molecule has 3 aromatic rings. The van der Waals surface area contributed by atoms with Gasteiger partial charge in [0.05, 0.1) is 32.5 Å². The van der Waals surface area contributed by atoms with E-state index in [1.54, 1.807) is 6.07 Å². The summed E-state index contributed by atoms with van der Waals surface area (Å²) in [5.41, 5.74) is -1.14. The van der Waals surface area contributed by atoms with Gasteiger partial charge in [0.1, 0.15) is 31.9 Å². The van der Waals surface area contributed by atoms with Gasteiger partial charge in [0.15, 0.2) is 0 Å². The van der Waals surface area contributed by atoms with Crippen LogP contribution < -0.4 is 113 Å². The average molecular weight is 673 g/mol. The van der Waals surface area contributed by atoms with Crippen LogP contribution in [0.5, 0.6) is 5.88 Å². The Morgan fingerprint density at radius 3 is 2.12 bits per heavy atom. The van der Waals surface area contributed by atoms with Crippen LogP contribution in [0.4, 0.5) is 5.69 Å². The second-order valence-corrected chi connectivity index (χ2v) is 11.3. The number of hydrazone groups is 1. The number of aromatic nitrogens is 1. The molecule has 2 aromatic carbocycles. The number of hydrogen-bond donors (Lipinski definition) is 1. The van der Waals surface area contributed by atoms with E-state index >= 15 is 0 Å². The van der Waals surface area contributed by atoms with Crippen LogP contribution in [0.25, 0.3) is 11.8 Å². The number of hydrogen-bond acceptors (Lipinski definition) is 11. The Labute approximate surface area is 331 Å². The van der Waals surface area contributed by atoms with Crippen molar-refractivity contribution in [3.8, 4) is 17.6 Å². The summed E-state index contributed by atoms with van der Waals surface area (Å²) in [4.78, 5) is 24.8. The van der Waals surface area contributed by atoms with Gasteiger partial charge in [-0.15, -0.1) is 0 Å². The van der Waals surface area contributed by atoms with Crippen LogP contribution in [0, 0.1) is 18.3 Å². The molecule has 0 unspecified atom stereocenters. The Morgan fingerprint density at radius 2 is 1.56 bits per heavy atom. The molecule has 0 aliphatic carbocycles. The molecule has 1 N–H and O–H groups in total. The quantitative estimate of drug-likeness (QED) is 0.152. The van der Waals surface area contributed by atoms with Crippen LogP contribution in [0.2, 0.25) is 0 Å². The van der Waals surface area contributed by atoms with Gasteiger partial charge in [0.2, 0.25) is 5.88 Å². The van der Waals surface area contributed by atoms with Crippen molar-refractivity contribution in [2.45, 2.75) is 23.6 Å². The molecular weight excluding hydrogens is 655 g/mol. The number of carbonyl (C=O) groups excluding carboxylic acids is 1. The molecule has 0 saturated carbocycles. The van der Waals surface area contributed by atoms with Gasteiger partial charge in [-0.3, -0.25) is 9.59 Å². The van der Waals surface area contributed by atoms with Crippen molar-refractivity contribution < 1.29 is 139 Å². The Kier molecular flexibility index (Phi) is 12.8. The fraction of sp³-hybridized carbons (Fsp3) is 0.0769. The van der Waals surface area contributed by atoms with Crippen molar-refractivity contribution >= 4 is 43.6 Å². The van der Waals surface area contributed by atoms with Crippen LogP contribution in [-0.4, -0.2) is 47.2 Å². The molecular formula is C26H18K2N4O9S2. The summed E-state index contributed by atoms with van der Waals surface area (Å²) in [6.07, 6.45) is 3.95. The summed E-state index contributed by atoms with van der Waals surface area (Å²) in [6.45, 7) is 2.90. The molecule has 0 bridgehead atoms. The molecule has 17 heteroatoms. The Balaban J connectivity index is 0.00000323. The maximum atomic E-state index is 13.1. The first-order valence-electron chi connectivity index (χ1n) is 11.4. The second-order valence-electron chi connectivity index (χ2n) is 8.60. The average Bonchev–Trinajstić information content (AvgIpc) is 3.18. The topological polar surface area (TPSA) is 213 Å². The zero-order valence-corrected chi connectivity index (χ0v) is 31.0. The molecule has 0 spiro atoms. The molecule has 0 atom stereocenters. The van der Waals surface area contributed by atoms with Crippen molar-refractivity contribution in [1.29, 1.82) is 5.26 Å². The third kappa shape index (κ3) is 7.80. The number of para-hydroxylation sites is 1. The number of amides is 1.